The average molecular weight is 281 g/mol. The lowest BCUT2D eigenvalue weighted by atomic mass is 9.65. The van der Waals surface area contributed by atoms with Gasteiger partial charge in [-0.05, 0) is 38.0 Å². The lowest BCUT2D eigenvalue weighted by Crippen LogP contribution is -2.47. The predicted molar refractivity (Wildman–Crippen MR) is 77.3 cm³/mol. The van der Waals surface area contributed by atoms with E-state index < -0.39 is 16.8 Å². The van der Waals surface area contributed by atoms with Crippen LogP contribution in [-0.2, 0) is 9.59 Å². The topological polar surface area (TPSA) is 66.4 Å². The first kappa shape index (κ1) is 15.3. The number of hydrogen-bond acceptors (Lipinski definition) is 2. The second-order valence-electron chi connectivity index (χ2n) is 7.29. The molecule has 0 aromatic carbocycles. The molecule has 2 N–H and O–H groups in total. The molecule has 0 radical (unpaired) electrons. The van der Waals surface area contributed by atoms with Crippen LogP contribution < -0.4 is 5.32 Å². The molecule has 0 saturated heterocycles. The third-order valence-electron chi connectivity index (χ3n) is 5.97. The van der Waals surface area contributed by atoms with Crippen molar-refractivity contribution in [3.05, 3.63) is 0 Å². The fraction of sp³-hybridized carbons (Fsp3) is 0.875. The molecule has 0 unspecified atom stereocenters. The van der Waals surface area contributed by atoms with Crippen molar-refractivity contribution in [2.45, 2.75) is 71.8 Å². The zero-order valence-electron chi connectivity index (χ0n) is 12.9. The Morgan fingerprint density at radius 1 is 1.05 bits per heavy atom. The van der Waals surface area contributed by atoms with Gasteiger partial charge in [0.1, 0.15) is 0 Å². The number of carbonyl (C=O) groups is 2. The molecule has 4 nitrogen and oxygen atoms in total. The van der Waals surface area contributed by atoms with Gasteiger partial charge >= 0.3 is 5.97 Å². The number of aliphatic carboxylic acids is 1. The molecule has 0 aromatic heterocycles. The van der Waals surface area contributed by atoms with Gasteiger partial charge in [0.05, 0.1) is 5.41 Å². The molecule has 114 valence electrons. The van der Waals surface area contributed by atoms with Crippen LogP contribution in [0.25, 0.3) is 0 Å². The summed E-state index contributed by atoms with van der Waals surface area (Å²) in [6.07, 6.45) is 7.02. The summed E-state index contributed by atoms with van der Waals surface area (Å²) in [6, 6.07) is 0.295. The number of carboxylic acid groups (broad SMARTS) is 1. The quantitative estimate of drug-likeness (QED) is 0.835. The lowest BCUT2D eigenvalue weighted by Gasteiger charge is -2.38. The minimum absolute atomic E-state index is 0.0619. The fourth-order valence-electron chi connectivity index (χ4n) is 3.89. The van der Waals surface area contributed by atoms with E-state index in [0.717, 1.165) is 12.8 Å². The van der Waals surface area contributed by atoms with Crippen molar-refractivity contribution in [3.8, 4) is 0 Å². The van der Waals surface area contributed by atoms with E-state index in [1.807, 2.05) is 13.8 Å². The van der Waals surface area contributed by atoms with E-state index in [2.05, 4.69) is 5.32 Å². The number of carboxylic acids is 1. The molecule has 0 aromatic rings. The molecule has 0 spiro atoms. The number of rotatable bonds is 3. The van der Waals surface area contributed by atoms with E-state index in [-0.39, 0.29) is 11.8 Å². The van der Waals surface area contributed by atoms with Gasteiger partial charge in [-0.1, -0.05) is 33.1 Å². The Bertz CT molecular complexity index is 399. The monoisotopic (exact) mass is 281 g/mol. The molecule has 2 atom stereocenters. The van der Waals surface area contributed by atoms with Crippen LogP contribution in [0.1, 0.15) is 65.7 Å². The van der Waals surface area contributed by atoms with Crippen LogP contribution in [0, 0.1) is 16.7 Å². The molecule has 20 heavy (non-hydrogen) atoms. The maximum absolute atomic E-state index is 12.5. The molecule has 1 amide bonds. The van der Waals surface area contributed by atoms with Gasteiger partial charge in [0.15, 0.2) is 0 Å². The maximum Gasteiger partial charge on any atom is 0.309 e. The SMILES string of the molecule is CC1(C)[C@H](C(=O)NC2CCCCC2)CC[C@@]1(C)C(=O)O. The molecule has 0 bridgehead atoms. The highest BCUT2D eigenvalue weighted by molar-refractivity contribution is 5.84. The van der Waals surface area contributed by atoms with Crippen LogP contribution in [0.15, 0.2) is 0 Å². The van der Waals surface area contributed by atoms with Crippen LogP contribution in [0.2, 0.25) is 0 Å². The summed E-state index contributed by atoms with van der Waals surface area (Å²) in [7, 11) is 0. The Labute approximate surface area is 121 Å². The van der Waals surface area contributed by atoms with Crippen molar-refractivity contribution in [1.82, 2.24) is 5.32 Å². The first-order valence-electron chi connectivity index (χ1n) is 7.83. The normalized spacial score (nSPS) is 33.9. The van der Waals surface area contributed by atoms with Crippen molar-refractivity contribution in [2.75, 3.05) is 0 Å². The van der Waals surface area contributed by atoms with Gasteiger partial charge in [-0.15, -0.1) is 0 Å². The third kappa shape index (κ3) is 2.45. The molecule has 2 rings (SSSR count). The Balaban J connectivity index is 2.05. The summed E-state index contributed by atoms with van der Waals surface area (Å²) in [4.78, 5) is 24.1. The minimum atomic E-state index is -0.804. The number of nitrogens with one attached hydrogen (secondary N) is 1. The van der Waals surface area contributed by atoms with Crippen LogP contribution >= 0.6 is 0 Å². The first-order valence-corrected chi connectivity index (χ1v) is 7.83. The Kier molecular flexibility index (Phi) is 4.12. The Hall–Kier alpha value is -1.06. The van der Waals surface area contributed by atoms with Gasteiger partial charge < -0.3 is 10.4 Å². The molecule has 2 saturated carbocycles. The van der Waals surface area contributed by atoms with Crippen molar-refractivity contribution < 1.29 is 14.7 Å². The lowest BCUT2D eigenvalue weighted by molar-refractivity contribution is -0.155. The van der Waals surface area contributed by atoms with Crippen LogP contribution in [0.3, 0.4) is 0 Å². The van der Waals surface area contributed by atoms with Crippen LogP contribution in [0.4, 0.5) is 0 Å². The largest absolute Gasteiger partial charge is 0.481 e. The molecule has 2 aliphatic carbocycles. The van der Waals surface area contributed by atoms with Crippen molar-refractivity contribution >= 4 is 11.9 Å². The zero-order valence-corrected chi connectivity index (χ0v) is 12.9. The summed E-state index contributed by atoms with van der Waals surface area (Å²) < 4.78 is 0. The molecule has 0 heterocycles. The molecule has 4 heteroatoms. The van der Waals surface area contributed by atoms with E-state index >= 15 is 0 Å². The number of hydrogen-bond donors (Lipinski definition) is 2. The van der Waals surface area contributed by atoms with Gasteiger partial charge in [-0.25, -0.2) is 0 Å². The highest BCUT2D eigenvalue weighted by Gasteiger charge is 2.58. The zero-order chi connectivity index (χ0) is 15.0. The first-order chi connectivity index (χ1) is 9.29. The summed E-state index contributed by atoms with van der Waals surface area (Å²) >= 11 is 0. The molecule has 2 fully saturated rings. The molecular weight excluding hydrogens is 254 g/mol. The van der Waals surface area contributed by atoms with E-state index in [0.29, 0.717) is 18.9 Å². The molecule has 0 aliphatic heterocycles. The van der Waals surface area contributed by atoms with Gasteiger partial charge in [-0.2, -0.15) is 0 Å². The minimum Gasteiger partial charge on any atom is -0.481 e. The van der Waals surface area contributed by atoms with Crippen LogP contribution in [-0.4, -0.2) is 23.0 Å². The number of amides is 1. The average Bonchev–Trinajstić information content (AvgIpc) is 2.63. The second kappa shape index (κ2) is 5.38. The summed E-state index contributed by atoms with van der Waals surface area (Å²) in [5, 5.41) is 12.7. The highest BCUT2D eigenvalue weighted by atomic mass is 16.4. The van der Waals surface area contributed by atoms with E-state index in [9.17, 15) is 14.7 Å². The standard InChI is InChI=1S/C16H27NO3/c1-15(2)12(9-10-16(15,3)14(19)20)13(18)17-11-7-5-4-6-8-11/h11-12H,4-10H2,1-3H3,(H,17,18)(H,19,20)/t12-,16-/m0/s1. The smallest absolute Gasteiger partial charge is 0.309 e. The van der Waals surface area contributed by atoms with Gasteiger partial charge in [0.25, 0.3) is 0 Å². The van der Waals surface area contributed by atoms with Gasteiger partial charge in [0, 0.05) is 12.0 Å². The van der Waals surface area contributed by atoms with E-state index in [4.69, 9.17) is 0 Å². The Morgan fingerprint density at radius 3 is 2.15 bits per heavy atom. The third-order valence-corrected chi connectivity index (χ3v) is 5.97. The van der Waals surface area contributed by atoms with Crippen molar-refractivity contribution in [2.24, 2.45) is 16.7 Å². The van der Waals surface area contributed by atoms with E-state index in [1.54, 1.807) is 6.92 Å². The van der Waals surface area contributed by atoms with Crippen molar-refractivity contribution in [3.63, 3.8) is 0 Å². The molecular formula is C16H27NO3. The van der Waals surface area contributed by atoms with Crippen LogP contribution in [0.5, 0.6) is 0 Å². The van der Waals surface area contributed by atoms with Gasteiger partial charge in [-0.3, -0.25) is 9.59 Å². The Morgan fingerprint density at radius 2 is 1.65 bits per heavy atom. The van der Waals surface area contributed by atoms with Gasteiger partial charge in [0.2, 0.25) is 5.91 Å². The van der Waals surface area contributed by atoms with E-state index in [1.165, 1.54) is 19.3 Å². The second-order valence-corrected chi connectivity index (χ2v) is 7.29. The number of carbonyl (C=O) groups excluding carboxylic acids is 1. The maximum atomic E-state index is 12.5. The predicted octanol–water partition coefficient (Wildman–Crippen LogP) is 2.96. The summed E-state index contributed by atoms with van der Waals surface area (Å²) in [6.45, 7) is 5.64. The summed E-state index contributed by atoms with van der Waals surface area (Å²) in [5.74, 6) is -0.909. The molecule has 2 aliphatic rings. The highest BCUT2D eigenvalue weighted by Crippen LogP contribution is 2.56. The fourth-order valence-corrected chi connectivity index (χ4v) is 3.89. The van der Waals surface area contributed by atoms with Crippen molar-refractivity contribution in [1.29, 1.82) is 0 Å². The summed E-state index contributed by atoms with van der Waals surface area (Å²) in [5.41, 5.74) is -1.31.